The molecule has 0 atom stereocenters. The summed E-state index contributed by atoms with van der Waals surface area (Å²) in [5, 5.41) is 0. The molecule has 3 aromatic carbocycles. The van der Waals surface area contributed by atoms with Crippen LogP contribution in [0.15, 0.2) is 115 Å². The van der Waals surface area contributed by atoms with Crippen LogP contribution >= 0.6 is 0 Å². The maximum absolute atomic E-state index is 13.0. The molecule has 0 radical (unpaired) electrons. The summed E-state index contributed by atoms with van der Waals surface area (Å²) in [6, 6.07) is 25.0. The number of carbonyl (C=O) groups is 1. The number of hydrogen-bond acceptors (Lipinski definition) is 3. The lowest BCUT2D eigenvalue weighted by Gasteiger charge is -2.34. The first-order valence-electron chi connectivity index (χ1n) is 11.4. The Balaban J connectivity index is 1.70. The monoisotopic (exact) mass is 448 g/mol. The van der Waals surface area contributed by atoms with Gasteiger partial charge < -0.3 is 9.47 Å². The Morgan fingerprint density at radius 1 is 0.765 bits per heavy atom. The summed E-state index contributed by atoms with van der Waals surface area (Å²) in [5.41, 5.74) is 3.19. The second-order valence-electron chi connectivity index (χ2n) is 7.98. The molecule has 0 saturated carbocycles. The van der Waals surface area contributed by atoms with E-state index in [9.17, 15) is 4.79 Å². The van der Waals surface area contributed by atoms with Crippen molar-refractivity contribution in [2.75, 3.05) is 0 Å². The number of ketones is 1. The van der Waals surface area contributed by atoms with Crippen molar-refractivity contribution in [2.24, 2.45) is 0 Å². The Labute approximate surface area is 201 Å². The van der Waals surface area contributed by atoms with Gasteiger partial charge in [0, 0.05) is 34.8 Å². The summed E-state index contributed by atoms with van der Waals surface area (Å²) in [4.78, 5) is 13.0. The highest BCUT2D eigenvalue weighted by Crippen LogP contribution is 2.35. The summed E-state index contributed by atoms with van der Waals surface area (Å²) in [6.45, 7) is 3.95. The van der Waals surface area contributed by atoms with Gasteiger partial charge in [-0.3, -0.25) is 4.79 Å². The van der Waals surface area contributed by atoms with Gasteiger partial charge in [0.05, 0.1) is 0 Å². The number of para-hydroxylation sites is 2. The van der Waals surface area contributed by atoms with Gasteiger partial charge in [-0.05, 0) is 32.1 Å². The summed E-state index contributed by atoms with van der Waals surface area (Å²) in [5.74, 6) is 0.296. The molecule has 0 aromatic heterocycles. The molecule has 3 aromatic rings. The number of carbonyl (C=O) groups excluding carboxylic acids is 1. The van der Waals surface area contributed by atoms with Crippen LogP contribution in [0.4, 0.5) is 0 Å². The molecular formula is C31H28O3. The van der Waals surface area contributed by atoms with E-state index in [1.807, 2.05) is 129 Å². The number of rotatable bonds is 8. The third kappa shape index (κ3) is 5.26. The Morgan fingerprint density at radius 2 is 1.29 bits per heavy atom. The van der Waals surface area contributed by atoms with Crippen LogP contribution in [0.3, 0.4) is 0 Å². The molecule has 4 rings (SSSR count). The number of ether oxygens (including phenoxy) is 2. The lowest BCUT2D eigenvalue weighted by atomic mass is 9.95. The highest BCUT2D eigenvalue weighted by atomic mass is 16.7. The van der Waals surface area contributed by atoms with Crippen molar-refractivity contribution in [3.8, 4) is 11.5 Å². The number of Topliss-reactive ketones (excluding diaryl/α,β-unsaturated/α-hetero) is 1. The summed E-state index contributed by atoms with van der Waals surface area (Å²) >= 11 is 0. The molecule has 0 amide bonds. The Bertz CT molecular complexity index is 1210. The lowest BCUT2D eigenvalue weighted by molar-refractivity contribution is -0.0692. The van der Waals surface area contributed by atoms with E-state index >= 15 is 0 Å². The lowest BCUT2D eigenvalue weighted by Crippen LogP contribution is -2.41. The van der Waals surface area contributed by atoms with Crippen molar-refractivity contribution in [3.05, 3.63) is 132 Å². The fourth-order valence-corrected chi connectivity index (χ4v) is 3.86. The van der Waals surface area contributed by atoms with Gasteiger partial charge in [-0.15, -0.1) is 0 Å². The van der Waals surface area contributed by atoms with E-state index in [2.05, 4.69) is 0 Å². The van der Waals surface area contributed by atoms with E-state index in [-0.39, 0.29) is 5.78 Å². The fraction of sp³-hybridized carbons (Fsp3) is 0.129. The van der Waals surface area contributed by atoms with Crippen LogP contribution < -0.4 is 9.47 Å². The first-order chi connectivity index (χ1) is 16.6. The van der Waals surface area contributed by atoms with Gasteiger partial charge in [0.15, 0.2) is 5.78 Å². The van der Waals surface area contributed by atoms with Crippen molar-refractivity contribution in [1.82, 2.24) is 0 Å². The zero-order chi connectivity index (χ0) is 23.8. The number of allylic oxidation sites excluding steroid dienone is 4. The van der Waals surface area contributed by atoms with Gasteiger partial charge >= 0.3 is 0 Å². The van der Waals surface area contributed by atoms with Crippen LogP contribution in [0.1, 0.15) is 41.8 Å². The van der Waals surface area contributed by atoms with Gasteiger partial charge in [0.1, 0.15) is 11.5 Å². The number of hydrogen-bond donors (Lipinski definition) is 0. The van der Waals surface area contributed by atoms with Crippen molar-refractivity contribution >= 4 is 17.9 Å². The van der Waals surface area contributed by atoms with Crippen molar-refractivity contribution in [1.29, 1.82) is 0 Å². The second kappa shape index (κ2) is 10.7. The largest absolute Gasteiger partial charge is 0.448 e. The average molecular weight is 449 g/mol. The first-order valence-corrected chi connectivity index (χ1v) is 11.4. The van der Waals surface area contributed by atoms with Crippen LogP contribution in [0.25, 0.3) is 12.2 Å². The third-order valence-electron chi connectivity index (χ3n) is 5.52. The van der Waals surface area contributed by atoms with Crippen molar-refractivity contribution in [2.45, 2.75) is 26.1 Å². The smallest absolute Gasteiger partial charge is 0.274 e. The van der Waals surface area contributed by atoms with Crippen LogP contribution in [-0.2, 0) is 0 Å². The van der Waals surface area contributed by atoms with Gasteiger partial charge in [-0.1, -0.05) is 97.1 Å². The van der Waals surface area contributed by atoms with Crippen molar-refractivity contribution in [3.63, 3.8) is 0 Å². The minimum absolute atomic E-state index is 0.0194. The SMILES string of the molecule is CC=Cc1ccccc1OC1(Oc2ccccc2C=CC)C=CC(C(=O)c2ccccc2)=CC1. The van der Waals surface area contributed by atoms with E-state index in [0.29, 0.717) is 29.1 Å². The Kier molecular flexibility index (Phi) is 7.24. The number of benzene rings is 3. The van der Waals surface area contributed by atoms with Gasteiger partial charge in [0.25, 0.3) is 5.79 Å². The molecule has 0 N–H and O–H groups in total. The third-order valence-corrected chi connectivity index (χ3v) is 5.52. The summed E-state index contributed by atoms with van der Waals surface area (Å²) in [7, 11) is 0. The topological polar surface area (TPSA) is 35.5 Å². The molecule has 0 fully saturated rings. The maximum Gasteiger partial charge on any atom is 0.274 e. The zero-order valence-corrected chi connectivity index (χ0v) is 19.5. The molecule has 0 heterocycles. The molecule has 0 bridgehead atoms. The molecule has 0 spiro atoms. The molecule has 34 heavy (non-hydrogen) atoms. The molecule has 3 nitrogen and oxygen atoms in total. The average Bonchev–Trinajstić information content (AvgIpc) is 2.87. The minimum atomic E-state index is -1.10. The molecule has 0 unspecified atom stereocenters. The van der Waals surface area contributed by atoms with Crippen LogP contribution in [0.5, 0.6) is 11.5 Å². The van der Waals surface area contributed by atoms with Gasteiger partial charge in [-0.2, -0.15) is 0 Å². The molecule has 1 aliphatic rings. The fourth-order valence-electron chi connectivity index (χ4n) is 3.86. The molecule has 1 aliphatic carbocycles. The summed E-state index contributed by atoms with van der Waals surface area (Å²) < 4.78 is 13.1. The maximum atomic E-state index is 13.0. The second-order valence-corrected chi connectivity index (χ2v) is 7.98. The normalized spacial score (nSPS) is 17.6. The van der Waals surface area contributed by atoms with E-state index < -0.39 is 5.79 Å². The van der Waals surface area contributed by atoms with E-state index in [1.165, 1.54) is 0 Å². The summed E-state index contributed by atoms with van der Waals surface area (Å²) in [6.07, 6.45) is 13.9. The van der Waals surface area contributed by atoms with Gasteiger partial charge in [-0.25, -0.2) is 0 Å². The first kappa shape index (κ1) is 23.1. The molecule has 0 aliphatic heterocycles. The minimum Gasteiger partial charge on any atom is -0.448 e. The van der Waals surface area contributed by atoms with E-state index in [1.54, 1.807) is 6.08 Å². The Morgan fingerprint density at radius 3 is 1.79 bits per heavy atom. The Hall–Kier alpha value is -4.11. The quantitative estimate of drug-likeness (QED) is 0.262. The zero-order valence-electron chi connectivity index (χ0n) is 19.5. The van der Waals surface area contributed by atoms with Crippen LogP contribution in [0.2, 0.25) is 0 Å². The van der Waals surface area contributed by atoms with Crippen LogP contribution in [-0.4, -0.2) is 11.6 Å². The predicted octanol–water partition coefficient (Wildman–Crippen LogP) is 7.68. The molecule has 0 saturated heterocycles. The van der Waals surface area contributed by atoms with Crippen LogP contribution in [0, 0.1) is 0 Å². The predicted molar refractivity (Wildman–Crippen MR) is 139 cm³/mol. The van der Waals surface area contributed by atoms with Gasteiger partial charge in [0.2, 0.25) is 0 Å². The molecular weight excluding hydrogens is 420 g/mol. The van der Waals surface area contributed by atoms with E-state index in [4.69, 9.17) is 9.47 Å². The van der Waals surface area contributed by atoms with E-state index in [0.717, 1.165) is 11.1 Å². The standard InChI is InChI=1S/C31H28O3/c1-3-12-24-14-8-10-18-28(24)33-31(34-29-19-11-9-15-25(29)13-4-2)22-20-27(21-23-31)30(32)26-16-6-5-7-17-26/h3-22H,23H2,1-2H3. The highest BCUT2D eigenvalue weighted by Gasteiger charge is 2.35. The molecule has 3 heteroatoms. The molecule has 170 valence electrons. The van der Waals surface area contributed by atoms with Crippen molar-refractivity contribution < 1.29 is 14.3 Å². The highest BCUT2D eigenvalue weighted by molar-refractivity contribution is 6.10.